The van der Waals surface area contributed by atoms with Gasteiger partial charge in [-0.25, -0.2) is 0 Å². The van der Waals surface area contributed by atoms with Crippen molar-refractivity contribution < 1.29 is 9.47 Å². The molecule has 106 valence electrons. The molecule has 0 aliphatic carbocycles. The first kappa shape index (κ1) is 14.2. The molecule has 0 aromatic carbocycles. The van der Waals surface area contributed by atoms with Crippen LogP contribution in [0.5, 0.6) is 0 Å². The van der Waals surface area contributed by atoms with Crippen LogP contribution in [0.3, 0.4) is 0 Å². The standard InChI is InChI=1S/C13H27N3O2/c1-15(4-2-13-12-18-9-3-14-13)5-6-16-7-10-17-11-8-16/h13-14H,2-12H2,1H3. The van der Waals surface area contributed by atoms with E-state index in [1.807, 2.05) is 0 Å². The maximum atomic E-state index is 5.47. The summed E-state index contributed by atoms with van der Waals surface area (Å²) in [5.41, 5.74) is 0. The quantitative estimate of drug-likeness (QED) is 0.703. The van der Waals surface area contributed by atoms with Crippen molar-refractivity contribution in [2.24, 2.45) is 0 Å². The third kappa shape index (κ3) is 5.20. The van der Waals surface area contributed by atoms with Crippen LogP contribution in [0.1, 0.15) is 6.42 Å². The van der Waals surface area contributed by atoms with Crippen LogP contribution >= 0.6 is 0 Å². The number of nitrogens with one attached hydrogen (secondary N) is 1. The predicted octanol–water partition coefficient (Wildman–Crippen LogP) is -0.371. The molecular formula is C13H27N3O2. The van der Waals surface area contributed by atoms with E-state index >= 15 is 0 Å². The van der Waals surface area contributed by atoms with Crippen molar-refractivity contribution in [2.75, 3.05) is 72.7 Å². The lowest BCUT2D eigenvalue weighted by atomic mass is 10.2. The fraction of sp³-hybridized carbons (Fsp3) is 1.00. The summed E-state index contributed by atoms with van der Waals surface area (Å²) in [5, 5.41) is 3.50. The number of morpholine rings is 2. The summed E-state index contributed by atoms with van der Waals surface area (Å²) in [4.78, 5) is 4.91. The van der Waals surface area contributed by atoms with Crippen LogP contribution in [-0.4, -0.2) is 88.6 Å². The second kappa shape index (κ2) is 8.07. The van der Waals surface area contributed by atoms with Gasteiger partial charge in [0.1, 0.15) is 0 Å². The molecule has 18 heavy (non-hydrogen) atoms. The van der Waals surface area contributed by atoms with Gasteiger partial charge < -0.3 is 19.7 Å². The van der Waals surface area contributed by atoms with Crippen LogP contribution in [0, 0.1) is 0 Å². The highest BCUT2D eigenvalue weighted by molar-refractivity contribution is 4.72. The minimum absolute atomic E-state index is 0.546. The first-order chi connectivity index (χ1) is 8.84. The molecule has 0 bridgehead atoms. The molecule has 2 fully saturated rings. The van der Waals surface area contributed by atoms with Crippen molar-refractivity contribution in [3.63, 3.8) is 0 Å². The van der Waals surface area contributed by atoms with E-state index < -0.39 is 0 Å². The molecule has 0 aromatic heterocycles. The largest absolute Gasteiger partial charge is 0.379 e. The Hall–Kier alpha value is -0.200. The molecule has 2 aliphatic rings. The summed E-state index contributed by atoms with van der Waals surface area (Å²) in [5.74, 6) is 0. The highest BCUT2D eigenvalue weighted by Crippen LogP contribution is 2.01. The molecule has 5 heteroatoms. The van der Waals surface area contributed by atoms with Crippen LogP contribution in [-0.2, 0) is 9.47 Å². The lowest BCUT2D eigenvalue weighted by Crippen LogP contribution is -2.44. The second-order valence-corrected chi connectivity index (χ2v) is 5.27. The zero-order chi connectivity index (χ0) is 12.6. The summed E-state index contributed by atoms with van der Waals surface area (Å²) < 4.78 is 10.8. The number of hydrogen-bond acceptors (Lipinski definition) is 5. The molecular weight excluding hydrogens is 230 g/mol. The van der Waals surface area contributed by atoms with Gasteiger partial charge in [0.15, 0.2) is 0 Å². The van der Waals surface area contributed by atoms with E-state index in [1.165, 1.54) is 6.42 Å². The fourth-order valence-corrected chi connectivity index (χ4v) is 2.43. The van der Waals surface area contributed by atoms with Crippen LogP contribution in [0.15, 0.2) is 0 Å². The zero-order valence-electron chi connectivity index (χ0n) is 11.6. The van der Waals surface area contributed by atoms with Crippen molar-refractivity contribution in [3.05, 3.63) is 0 Å². The molecule has 0 amide bonds. The maximum Gasteiger partial charge on any atom is 0.0620 e. The summed E-state index contributed by atoms with van der Waals surface area (Å²) in [6.45, 7) is 10.2. The Morgan fingerprint density at radius 2 is 2.00 bits per heavy atom. The highest BCUT2D eigenvalue weighted by Gasteiger charge is 2.14. The van der Waals surface area contributed by atoms with Crippen molar-refractivity contribution in [1.29, 1.82) is 0 Å². The van der Waals surface area contributed by atoms with Gasteiger partial charge >= 0.3 is 0 Å². The number of hydrogen-bond donors (Lipinski definition) is 1. The zero-order valence-corrected chi connectivity index (χ0v) is 11.6. The maximum absolute atomic E-state index is 5.47. The van der Waals surface area contributed by atoms with Crippen molar-refractivity contribution in [1.82, 2.24) is 15.1 Å². The molecule has 1 unspecified atom stereocenters. The first-order valence-corrected chi connectivity index (χ1v) is 7.14. The molecule has 2 aliphatic heterocycles. The smallest absolute Gasteiger partial charge is 0.0620 e. The third-order valence-corrected chi connectivity index (χ3v) is 3.76. The molecule has 0 aromatic rings. The van der Waals surface area contributed by atoms with E-state index in [4.69, 9.17) is 9.47 Å². The van der Waals surface area contributed by atoms with Crippen molar-refractivity contribution in [2.45, 2.75) is 12.5 Å². The van der Waals surface area contributed by atoms with Crippen LogP contribution in [0.2, 0.25) is 0 Å². The van der Waals surface area contributed by atoms with Gasteiger partial charge in [0.05, 0.1) is 26.4 Å². The molecule has 2 saturated heterocycles. The molecule has 1 N–H and O–H groups in total. The van der Waals surface area contributed by atoms with Gasteiger partial charge in [-0.1, -0.05) is 0 Å². The molecule has 2 rings (SSSR count). The molecule has 0 spiro atoms. The van der Waals surface area contributed by atoms with Crippen LogP contribution < -0.4 is 5.32 Å². The number of likely N-dealkylation sites (N-methyl/N-ethyl adjacent to an activating group) is 1. The van der Waals surface area contributed by atoms with Gasteiger partial charge in [-0.3, -0.25) is 4.90 Å². The van der Waals surface area contributed by atoms with Crippen LogP contribution in [0.25, 0.3) is 0 Å². The third-order valence-electron chi connectivity index (χ3n) is 3.76. The Labute approximate surface area is 110 Å². The molecule has 0 saturated carbocycles. The van der Waals surface area contributed by atoms with Crippen molar-refractivity contribution in [3.8, 4) is 0 Å². The van der Waals surface area contributed by atoms with E-state index in [-0.39, 0.29) is 0 Å². The SMILES string of the molecule is CN(CCC1COCCN1)CCN1CCOCC1. The minimum atomic E-state index is 0.546. The normalized spacial score (nSPS) is 26.7. The summed E-state index contributed by atoms with van der Waals surface area (Å²) in [6, 6.07) is 0.546. The number of rotatable bonds is 6. The summed E-state index contributed by atoms with van der Waals surface area (Å²) in [7, 11) is 2.21. The van der Waals surface area contributed by atoms with Gasteiger partial charge in [0.2, 0.25) is 0 Å². The second-order valence-electron chi connectivity index (χ2n) is 5.27. The number of nitrogens with zero attached hydrogens (tertiary/aromatic N) is 2. The topological polar surface area (TPSA) is 37.0 Å². The predicted molar refractivity (Wildman–Crippen MR) is 72.0 cm³/mol. The monoisotopic (exact) mass is 257 g/mol. The van der Waals surface area contributed by atoms with Gasteiger partial charge in [0, 0.05) is 38.8 Å². The molecule has 0 radical (unpaired) electrons. The van der Waals surface area contributed by atoms with Gasteiger partial charge in [-0.2, -0.15) is 0 Å². The summed E-state index contributed by atoms with van der Waals surface area (Å²) >= 11 is 0. The average molecular weight is 257 g/mol. The highest BCUT2D eigenvalue weighted by atomic mass is 16.5. The summed E-state index contributed by atoms with van der Waals surface area (Å²) in [6.07, 6.45) is 1.18. The van der Waals surface area contributed by atoms with Crippen molar-refractivity contribution >= 4 is 0 Å². The van der Waals surface area contributed by atoms with E-state index in [0.29, 0.717) is 6.04 Å². The van der Waals surface area contributed by atoms with E-state index in [0.717, 1.165) is 65.7 Å². The Morgan fingerprint density at radius 3 is 2.72 bits per heavy atom. The molecule has 2 heterocycles. The molecule has 1 atom stereocenters. The Morgan fingerprint density at radius 1 is 1.17 bits per heavy atom. The number of ether oxygens (including phenoxy) is 2. The first-order valence-electron chi connectivity index (χ1n) is 7.14. The van der Waals surface area contributed by atoms with Crippen LogP contribution in [0.4, 0.5) is 0 Å². The van der Waals surface area contributed by atoms with Gasteiger partial charge in [0.25, 0.3) is 0 Å². The Balaban J connectivity index is 1.52. The van der Waals surface area contributed by atoms with E-state index in [1.54, 1.807) is 0 Å². The lowest BCUT2D eigenvalue weighted by molar-refractivity contribution is 0.0337. The lowest BCUT2D eigenvalue weighted by Gasteiger charge is -2.29. The Kier molecular flexibility index (Phi) is 6.37. The minimum Gasteiger partial charge on any atom is -0.379 e. The average Bonchev–Trinajstić information content (AvgIpc) is 2.45. The van der Waals surface area contributed by atoms with E-state index in [2.05, 4.69) is 22.2 Å². The molecule has 5 nitrogen and oxygen atoms in total. The van der Waals surface area contributed by atoms with Gasteiger partial charge in [-0.05, 0) is 20.0 Å². The van der Waals surface area contributed by atoms with E-state index in [9.17, 15) is 0 Å². The Bertz CT molecular complexity index is 194. The fourth-order valence-electron chi connectivity index (χ4n) is 2.43. The van der Waals surface area contributed by atoms with Gasteiger partial charge in [-0.15, -0.1) is 0 Å².